The summed E-state index contributed by atoms with van der Waals surface area (Å²) in [5, 5.41) is 17.8. The van der Waals surface area contributed by atoms with Crippen LogP contribution in [0.25, 0.3) is 0 Å². The van der Waals surface area contributed by atoms with E-state index in [0.29, 0.717) is 0 Å². The van der Waals surface area contributed by atoms with Crippen molar-refractivity contribution in [1.82, 2.24) is 25.4 Å². The summed E-state index contributed by atoms with van der Waals surface area (Å²) in [6.07, 6.45) is 1.48. The fourth-order valence-electron chi connectivity index (χ4n) is 1.44. The lowest BCUT2D eigenvalue weighted by atomic mass is 10.2. The molecule has 0 bridgehead atoms. The van der Waals surface area contributed by atoms with E-state index in [0.717, 1.165) is 35.6 Å². The first-order valence-electron chi connectivity index (χ1n) is 5.66. The normalized spacial score (nSPS) is 10.5. The SMILES string of the molecule is CCc1nnc(NC(=O)c2nnc(Cl)s2)nc1CC. The minimum absolute atomic E-state index is 0.158. The van der Waals surface area contributed by atoms with Crippen LogP contribution in [0, 0.1) is 0 Å². The maximum absolute atomic E-state index is 11.8. The van der Waals surface area contributed by atoms with E-state index in [4.69, 9.17) is 11.6 Å². The highest BCUT2D eigenvalue weighted by atomic mass is 35.5. The Kier molecular flexibility index (Phi) is 4.33. The van der Waals surface area contributed by atoms with Crippen LogP contribution in [0.1, 0.15) is 35.0 Å². The second kappa shape index (κ2) is 5.98. The molecule has 100 valence electrons. The predicted molar refractivity (Wildman–Crippen MR) is 71.5 cm³/mol. The van der Waals surface area contributed by atoms with Gasteiger partial charge in [-0.15, -0.1) is 20.4 Å². The molecule has 2 aromatic rings. The van der Waals surface area contributed by atoms with Crippen LogP contribution in [0.4, 0.5) is 5.95 Å². The van der Waals surface area contributed by atoms with E-state index in [1.54, 1.807) is 0 Å². The summed E-state index contributed by atoms with van der Waals surface area (Å²) in [5.74, 6) is -0.289. The van der Waals surface area contributed by atoms with Crippen LogP contribution in [0.3, 0.4) is 0 Å². The predicted octanol–water partition coefficient (Wildman–Crippen LogP) is 1.75. The number of aryl methyl sites for hydroxylation is 2. The first kappa shape index (κ1) is 13.8. The van der Waals surface area contributed by atoms with Gasteiger partial charge in [-0.2, -0.15) is 0 Å². The number of hydrogen-bond acceptors (Lipinski definition) is 7. The number of anilines is 1. The molecule has 0 aromatic carbocycles. The van der Waals surface area contributed by atoms with Gasteiger partial charge in [-0.25, -0.2) is 4.98 Å². The topological polar surface area (TPSA) is 93.6 Å². The summed E-state index contributed by atoms with van der Waals surface area (Å²) in [6, 6.07) is 0. The minimum Gasteiger partial charge on any atom is -0.287 e. The molecule has 1 N–H and O–H groups in total. The highest BCUT2D eigenvalue weighted by Gasteiger charge is 2.14. The van der Waals surface area contributed by atoms with Crippen molar-refractivity contribution in [2.24, 2.45) is 0 Å². The monoisotopic (exact) mass is 298 g/mol. The summed E-state index contributed by atoms with van der Waals surface area (Å²) in [7, 11) is 0. The van der Waals surface area contributed by atoms with Gasteiger partial charge in [0.2, 0.25) is 15.4 Å². The second-order valence-corrected chi connectivity index (χ2v) is 5.11. The molecular weight excluding hydrogens is 288 g/mol. The standard InChI is InChI=1S/C10H11ClN6OS/c1-3-5-6(4-2)14-17-10(12-5)13-7(18)8-15-16-9(11)19-8/h3-4H2,1-2H3,(H,12,13,17,18). The second-order valence-electron chi connectivity index (χ2n) is 3.55. The van der Waals surface area contributed by atoms with Gasteiger partial charge < -0.3 is 0 Å². The van der Waals surface area contributed by atoms with Crippen LogP contribution in [0.2, 0.25) is 4.47 Å². The fraction of sp³-hybridized carbons (Fsp3) is 0.400. The molecule has 0 saturated carbocycles. The number of aromatic nitrogens is 5. The first-order valence-corrected chi connectivity index (χ1v) is 6.86. The van der Waals surface area contributed by atoms with Gasteiger partial charge in [0, 0.05) is 0 Å². The molecule has 2 aromatic heterocycles. The van der Waals surface area contributed by atoms with E-state index >= 15 is 0 Å². The van der Waals surface area contributed by atoms with Crippen molar-refractivity contribution in [1.29, 1.82) is 0 Å². The quantitative estimate of drug-likeness (QED) is 0.924. The molecular formula is C10H11ClN6OS. The Morgan fingerprint density at radius 1 is 1.16 bits per heavy atom. The fourth-order valence-corrected chi connectivity index (χ4v) is 2.17. The molecule has 0 spiro atoms. The van der Waals surface area contributed by atoms with Gasteiger partial charge in [0.1, 0.15) is 0 Å². The molecule has 2 heterocycles. The summed E-state index contributed by atoms with van der Waals surface area (Å²) < 4.78 is 0.208. The Labute approximate surface area is 118 Å². The highest BCUT2D eigenvalue weighted by Crippen LogP contribution is 2.15. The van der Waals surface area contributed by atoms with Crippen LogP contribution in [-0.4, -0.2) is 31.3 Å². The summed E-state index contributed by atoms with van der Waals surface area (Å²) in [4.78, 5) is 16.1. The molecule has 0 saturated heterocycles. The number of rotatable bonds is 4. The smallest absolute Gasteiger partial charge is 0.287 e. The Morgan fingerprint density at radius 3 is 2.47 bits per heavy atom. The molecule has 0 aliphatic rings. The Bertz CT molecular complexity index is 601. The molecule has 0 aliphatic carbocycles. The van der Waals surface area contributed by atoms with Crippen LogP contribution in [0.5, 0.6) is 0 Å². The van der Waals surface area contributed by atoms with Crippen molar-refractivity contribution in [3.8, 4) is 0 Å². The van der Waals surface area contributed by atoms with E-state index in [1.165, 1.54) is 0 Å². The van der Waals surface area contributed by atoms with Gasteiger partial charge in [-0.1, -0.05) is 25.2 Å². The van der Waals surface area contributed by atoms with Gasteiger partial charge in [0.25, 0.3) is 5.91 Å². The number of carbonyl (C=O) groups is 1. The number of amides is 1. The van der Waals surface area contributed by atoms with Crippen molar-refractivity contribution in [2.75, 3.05) is 5.32 Å². The number of nitrogens with zero attached hydrogens (tertiary/aromatic N) is 5. The lowest BCUT2D eigenvalue weighted by Crippen LogP contribution is -2.16. The zero-order chi connectivity index (χ0) is 13.8. The Hall–Kier alpha value is -1.67. The lowest BCUT2D eigenvalue weighted by Gasteiger charge is -2.05. The highest BCUT2D eigenvalue weighted by molar-refractivity contribution is 7.17. The third kappa shape index (κ3) is 3.21. The molecule has 0 radical (unpaired) electrons. The maximum Gasteiger partial charge on any atom is 0.289 e. The van der Waals surface area contributed by atoms with E-state index in [1.807, 2.05) is 13.8 Å². The van der Waals surface area contributed by atoms with E-state index in [2.05, 4.69) is 30.7 Å². The zero-order valence-corrected chi connectivity index (χ0v) is 11.9. The molecule has 1 amide bonds. The summed E-state index contributed by atoms with van der Waals surface area (Å²) >= 11 is 6.60. The average molecular weight is 299 g/mol. The van der Waals surface area contributed by atoms with Crippen molar-refractivity contribution >= 4 is 34.8 Å². The number of hydrogen-bond donors (Lipinski definition) is 1. The molecule has 0 atom stereocenters. The zero-order valence-electron chi connectivity index (χ0n) is 10.3. The number of nitrogens with one attached hydrogen (secondary N) is 1. The van der Waals surface area contributed by atoms with Gasteiger partial charge >= 0.3 is 0 Å². The van der Waals surface area contributed by atoms with Gasteiger partial charge in [0.05, 0.1) is 11.4 Å². The van der Waals surface area contributed by atoms with Crippen LogP contribution in [0.15, 0.2) is 0 Å². The Morgan fingerprint density at radius 2 is 1.89 bits per heavy atom. The van der Waals surface area contributed by atoms with E-state index < -0.39 is 5.91 Å². The van der Waals surface area contributed by atoms with Crippen LogP contribution < -0.4 is 5.32 Å². The third-order valence-corrected chi connectivity index (χ3v) is 3.35. The number of halogens is 1. The molecule has 0 unspecified atom stereocenters. The summed E-state index contributed by atoms with van der Waals surface area (Å²) in [5.41, 5.74) is 1.66. The molecule has 2 rings (SSSR count). The molecule has 0 aliphatic heterocycles. The molecule has 7 nitrogen and oxygen atoms in total. The maximum atomic E-state index is 11.8. The lowest BCUT2D eigenvalue weighted by molar-refractivity contribution is 0.102. The van der Waals surface area contributed by atoms with E-state index in [9.17, 15) is 4.79 Å². The summed E-state index contributed by atoms with van der Waals surface area (Å²) in [6.45, 7) is 3.95. The van der Waals surface area contributed by atoms with Crippen LogP contribution >= 0.6 is 22.9 Å². The minimum atomic E-state index is -0.447. The first-order chi connectivity index (χ1) is 9.13. The third-order valence-electron chi connectivity index (χ3n) is 2.33. The molecule has 0 fully saturated rings. The van der Waals surface area contributed by atoms with Gasteiger partial charge in [0.15, 0.2) is 0 Å². The largest absolute Gasteiger partial charge is 0.289 e. The van der Waals surface area contributed by atoms with Crippen molar-refractivity contribution < 1.29 is 4.79 Å². The van der Waals surface area contributed by atoms with Crippen molar-refractivity contribution in [2.45, 2.75) is 26.7 Å². The van der Waals surface area contributed by atoms with E-state index in [-0.39, 0.29) is 15.4 Å². The Balaban J connectivity index is 2.17. The molecule has 9 heteroatoms. The average Bonchev–Trinajstić information content (AvgIpc) is 2.85. The van der Waals surface area contributed by atoms with Gasteiger partial charge in [-0.05, 0) is 24.4 Å². The van der Waals surface area contributed by atoms with Gasteiger partial charge in [-0.3, -0.25) is 10.1 Å². The number of carbonyl (C=O) groups excluding carboxylic acids is 1. The van der Waals surface area contributed by atoms with Crippen LogP contribution in [-0.2, 0) is 12.8 Å². The van der Waals surface area contributed by atoms with Crippen molar-refractivity contribution in [3.05, 3.63) is 20.9 Å². The molecule has 19 heavy (non-hydrogen) atoms. The van der Waals surface area contributed by atoms with Crippen molar-refractivity contribution in [3.63, 3.8) is 0 Å².